The number of hydrogen-bond donors (Lipinski definition) is 0. The Balaban J connectivity index is 1.53. The van der Waals surface area contributed by atoms with Crippen molar-refractivity contribution in [2.75, 3.05) is 7.11 Å². The van der Waals surface area contributed by atoms with E-state index in [0.29, 0.717) is 27.6 Å². The van der Waals surface area contributed by atoms with Gasteiger partial charge in [-0.25, -0.2) is 9.38 Å². The molecule has 0 unspecified atom stereocenters. The smallest absolute Gasteiger partial charge is 0.274 e. The van der Waals surface area contributed by atoms with E-state index < -0.39 is 0 Å². The molecular weight excluding hydrogens is 512 g/mol. The quantitative estimate of drug-likeness (QED) is 0.289. The van der Waals surface area contributed by atoms with Gasteiger partial charge in [0.25, 0.3) is 5.56 Å². The van der Waals surface area contributed by atoms with E-state index in [1.54, 1.807) is 11.5 Å². The molecule has 0 atom stereocenters. The maximum absolute atomic E-state index is 13.3. The first-order valence-corrected chi connectivity index (χ1v) is 12.4. The SMILES string of the molecule is COc1cc(/C=c2\sc3nc4cc(C)c(C)cc4n3c2=O)c(Br)cc1OCc1ccc(C)cc1. The van der Waals surface area contributed by atoms with Crippen molar-refractivity contribution in [3.8, 4) is 11.5 Å². The van der Waals surface area contributed by atoms with Crippen molar-refractivity contribution in [1.29, 1.82) is 0 Å². The molecule has 0 spiro atoms. The third kappa shape index (κ3) is 4.10. The second-order valence-electron chi connectivity index (χ2n) is 8.37. The number of hydrogen-bond acceptors (Lipinski definition) is 5. The number of aryl methyl sites for hydroxylation is 3. The number of benzene rings is 3. The van der Waals surface area contributed by atoms with E-state index in [-0.39, 0.29) is 5.56 Å². The zero-order valence-corrected chi connectivity index (χ0v) is 21.7. The number of aromatic nitrogens is 2. The Bertz CT molecular complexity index is 1650. The van der Waals surface area contributed by atoms with Crippen molar-refractivity contribution in [2.24, 2.45) is 0 Å². The molecule has 0 saturated heterocycles. The van der Waals surface area contributed by atoms with Gasteiger partial charge >= 0.3 is 0 Å². The van der Waals surface area contributed by atoms with E-state index >= 15 is 0 Å². The summed E-state index contributed by atoms with van der Waals surface area (Å²) in [5, 5.41) is 0. The van der Waals surface area contributed by atoms with Crippen LogP contribution in [0.2, 0.25) is 0 Å². The highest BCUT2D eigenvalue weighted by molar-refractivity contribution is 9.10. The van der Waals surface area contributed by atoms with Gasteiger partial charge in [-0.05, 0) is 73.4 Å². The van der Waals surface area contributed by atoms with Gasteiger partial charge in [0.15, 0.2) is 16.5 Å². The summed E-state index contributed by atoms with van der Waals surface area (Å²) < 4.78 is 14.7. The molecule has 5 aromatic rings. The van der Waals surface area contributed by atoms with Gasteiger partial charge in [0.05, 0.1) is 22.7 Å². The number of imidazole rings is 1. The largest absolute Gasteiger partial charge is 0.493 e. The van der Waals surface area contributed by atoms with Gasteiger partial charge < -0.3 is 9.47 Å². The van der Waals surface area contributed by atoms with E-state index in [0.717, 1.165) is 32.2 Å². The number of ether oxygens (including phenoxy) is 2. The number of methoxy groups -OCH3 is 1. The van der Waals surface area contributed by atoms with Gasteiger partial charge in [-0.2, -0.15) is 0 Å². The summed E-state index contributed by atoms with van der Waals surface area (Å²) in [6.45, 7) is 6.59. The molecule has 0 fully saturated rings. The molecule has 5 nitrogen and oxygen atoms in total. The Morgan fingerprint density at radius 2 is 1.76 bits per heavy atom. The van der Waals surface area contributed by atoms with Crippen LogP contribution in [0.4, 0.5) is 0 Å². The van der Waals surface area contributed by atoms with E-state index in [2.05, 4.69) is 59.0 Å². The van der Waals surface area contributed by atoms with Crippen LogP contribution in [0.5, 0.6) is 11.5 Å². The molecule has 0 aliphatic heterocycles. The first-order valence-electron chi connectivity index (χ1n) is 10.8. The highest BCUT2D eigenvalue weighted by Gasteiger charge is 2.14. The maximum atomic E-state index is 13.3. The molecule has 2 heterocycles. The van der Waals surface area contributed by atoms with Crippen LogP contribution in [0.3, 0.4) is 0 Å². The lowest BCUT2D eigenvalue weighted by Gasteiger charge is -2.13. The Morgan fingerprint density at radius 3 is 2.50 bits per heavy atom. The first kappa shape index (κ1) is 22.6. The summed E-state index contributed by atoms with van der Waals surface area (Å²) in [5.74, 6) is 1.24. The Labute approximate surface area is 209 Å². The molecule has 0 saturated carbocycles. The lowest BCUT2D eigenvalue weighted by atomic mass is 10.1. The average Bonchev–Trinajstić information content (AvgIpc) is 3.30. The van der Waals surface area contributed by atoms with E-state index in [4.69, 9.17) is 9.47 Å². The molecule has 0 aliphatic carbocycles. The monoisotopic (exact) mass is 534 g/mol. The maximum Gasteiger partial charge on any atom is 0.274 e. The summed E-state index contributed by atoms with van der Waals surface area (Å²) >= 11 is 5.02. The van der Waals surface area contributed by atoms with E-state index in [1.807, 2.05) is 37.3 Å². The van der Waals surface area contributed by atoms with Gasteiger partial charge in [-0.3, -0.25) is 4.79 Å². The second-order valence-corrected chi connectivity index (χ2v) is 10.2. The van der Waals surface area contributed by atoms with Gasteiger partial charge in [0.1, 0.15) is 6.61 Å². The molecule has 172 valence electrons. The normalized spacial score (nSPS) is 12.1. The topological polar surface area (TPSA) is 52.8 Å². The van der Waals surface area contributed by atoms with Crippen LogP contribution in [0, 0.1) is 20.8 Å². The van der Waals surface area contributed by atoms with Crippen LogP contribution >= 0.6 is 27.3 Å². The van der Waals surface area contributed by atoms with Crippen molar-refractivity contribution >= 4 is 49.3 Å². The van der Waals surface area contributed by atoms with Crippen molar-refractivity contribution in [3.05, 3.63) is 95.7 Å². The fourth-order valence-corrected chi connectivity index (χ4v) is 5.25. The van der Waals surface area contributed by atoms with Crippen molar-refractivity contribution < 1.29 is 9.47 Å². The van der Waals surface area contributed by atoms with Crippen LogP contribution in [0.15, 0.2) is 57.8 Å². The Kier molecular flexibility index (Phi) is 5.91. The number of nitrogens with zero attached hydrogens (tertiary/aromatic N) is 2. The van der Waals surface area contributed by atoms with E-state index in [1.165, 1.54) is 22.5 Å². The van der Waals surface area contributed by atoms with E-state index in [9.17, 15) is 4.79 Å². The third-order valence-electron chi connectivity index (χ3n) is 5.94. The molecule has 0 bridgehead atoms. The number of thiazole rings is 1. The summed E-state index contributed by atoms with van der Waals surface area (Å²) in [6.07, 6.45) is 1.87. The fraction of sp³-hybridized carbons (Fsp3) is 0.185. The molecule has 7 heteroatoms. The lowest BCUT2D eigenvalue weighted by molar-refractivity contribution is 0.284. The standard InChI is InChI=1S/C27H23BrN2O3S/c1-15-5-7-18(8-6-15)14-33-24-13-20(28)19(11-23(24)32-4)12-25-26(31)30-22-10-17(3)16(2)9-21(22)29-27(30)34-25/h5-13H,14H2,1-4H3/b25-12-. The first-order chi connectivity index (χ1) is 16.3. The molecule has 0 radical (unpaired) electrons. The highest BCUT2D eigenvalue weighted by atomic mass is 79.9. The van der Waals surface area contributed by atoms with Crippen molar-refractivity contribution in [1.82, 2.24) is 9.38 Å². The zero-order chi connectivity index (χ0) is 24.0. The second kappa shape index (κ2) is 8.89. The van der Waals surface area contributed by atoms with Gasteiger partial charge in [0.2, 0.25) is 0 Å². The van der Waals surface area contributed by atoms with Crippen LogP contribution in [-0.4, -0.2) is 16.5 Å². The van der Waals surface area contributed by atoms with Gasteiger partial charge in [-0.15, -0.1) is 0 Å². The number of rotatable bonds is 5. The Morgan fingerprint density at radius 1 is 1.03 bits per heavy atom. The summed E-state index contributed by atoms with van der Waals surface area (Å²) in [7, 11) is 1.61. The van der Waals surface area contributed by atoms with Crippen LogP contribution in [-0.2, 0) is 6.61 Å². The van der Waals surface area contributed by atoms with Crippen LogP contribution < -0.4 is 19.6 Å². The van der Waals surface area contributed by atoms with Gasteiger partial charge in [0, 0.05) is 4.47 Å². The van der Waals surface area contributed by atoms with Crippen molar-refractivity contribution in [3.63, 3.8) is 0 Å². The number of fused-ring (bicyclic) bond motifs is 3. The average molecular weight is 535 g/mol. The minimum atomic E-state index is -0.0729. The van der Waals surface area contributed by atoms with Gasteiger partial charge in [-0.1, -0.05) is 57.1 Å². The minimum Gasteiger partial charge on any atom is -0.493 e. The fourth-order valence-electron chi connectivity index (χ4n) is 3.84. The highest BCUT2D eigenvalue weighted by Crippen LogP contribution is 2.34. The predicted octanol–water partition coefficient (Wildman–Crippen LogP) is 5.73. The Hall–Kier alpha value is -3.16. The molecule has 3 aromatic carbocycles. The lowest BCUT2D eigenvalue weighted by Crippen LogP contribution is -2.22. The molecule has 0 aliphatic rings. The predicted molar refractivity (Wildman–Crippen MR) is 141 cm³/mol. The summed E-state index contributed by atoms with van der Waals surface area (Å²) in [5.41, 5.74) is 7.04. The van der Waals surface area contributed by atoms with Crippen LogP contribution in [0.1, 0.15) is 27.8 Å². The van der Waals surface area contributed by atoms with Crippen molar-refractivity contribution in [2.45, 2.75) is 27.4 Å². The number of halogens is 1. The zero-order valence-electron chi connectivity index (χ0n) is 19.3. The third-order valence-corrected chi connectivity index (χ3v) is 7.59. The molecule has 0 amide bonds. The molecule has 2 aromatic heterocycles. The summed E-state index contributed by atoms with van der Waals surface area (Å²) in [6, 6.07) is 16.0. The molecule has 0 N–H and O–H groups in total. The van der Waals surface area contributed by atoms with Crippen LogP contribution in [0.25, 0.3) is 22.1 Å². The summed E-state index contributed by atoms with van der Waals surface area (Å²) in [4.78, 5) is 18.6. The molecule has 34 heavy (non-hydrogen) atoms. The minimum absolute atomic E-state index is 0.0729. The molecular formula is C27H23BrN2O3S. The molecule has 5 rings (SSSR count).